The van der Waals surface area contributed by atoms with Crippen molar-refractivity contribution in [3.05, 3.63) is 90.3 Å². The van der Waals surface area contributed by atoms with Crippen LogP contribution in [0, 0.1) is 5.41 Å². The van der Waals surface area contributed by atoms with Crippen LogP contribution in [0.25, 0.3) is 11.1 Å². The van der Waals surface area contributed by atoms with E-state index in [1.165, 1.54) is 5.56 Å². The molecule has 0 unspecified atom stereocenters. The monoisotopic (exact) mass is 427 g/mol. The zero-order chi connectivity index (χ0) is 22.4. The lowest BCUT2D eigenvalue weighted by Crippen LogP contribution is -2.50. The number of piperidine rings is 1. The standard InChI is InChI=1S/C27H29N3O2/c1-28-26(32)27(19-21-7-5-11-24(17-21)23-9-3-2-4-10-23)12-15-30(16-13-27)25(31)18-22-8-6-14-29-20-22/h2-11,14,17,20H,12-13,15-16,18-19H2,1H3,(H,28,32). The second kappa shape index (κ2) is 9.77. The average Bonchev–Trinajstić information content (AvgIpc) is 2.85. The first-order valence-electron chi connectivity index (χ1n) is 11.1. The fourth-order valence-corrected chi connectivity index (χ4v) is 4.60. The highest BCUT2D eigenvalue weighted by Gasteiger charge is 2.41. The van der Waals surface area contributed by atoms with E-state index in [4.69, 9.17) is 0 Å². The van der Waals surface area contributed by atoms with E-state index in [9.17, 15) is 9.59 Å². The Morgan fingerprint density at radius 1 is 0.938 bits per heavy atom. The summed E-state index contributed by atoms with van der Waals surface area (Å²) in [6.07, 6.45) is 5.76. The van der Waals surface area contributed by atoms with Gasteiger partial charge in [-0.3, -0.25) is 14.6 Å². The predicted octanol–water partition coefficient (Wildman–Crippen LogP) is 3.89. The molecule has 0 saturated carbocycles. The molecular weight excluding hydrogens is 398 g/mol. The minimum Gasteiger partial charge on any atom is -0.359 e. The Hall–Kier alpha value is -3.47. The van der Waals surface area contributed by atoms with E-state index in [2.05, 4.69) is 46.7 Å². The van der Waals surface area contributed by atoms with Crippen molar-refractivity contribution in [3.63, 3.8) is 0 Å². The number of hydrogen-bond acceptors (Lipinski definition) is 3. The second-order valence-corrected chi connectivity index (χ2v) is 8.52. The summed E-state index contributed by atoms with van der Waals surface area (Å²) < 4.78 is 0. The van der Waals surface area contributed by atoms with Crippen molar-refractivity contribution in [1.29, 1.82) is 0 Å². The normalized spacial score (nSPS) is 15.2. The van der Waals surface area contributed by atoms with E-state index in [0.29, 0.717) is 38.8 Å². The van der Waals surface area contributed by atoms with Gasteiger partial charge in [-0.25, -0.2) is 0 Å². The van der Waals surface area contributed by atoms with Crippen molar-refractivity contribution < 1.29 is 9.59 Å². The highest BCUT2D eigenvalue weighted by molar-refractivity contribution is 5.84. The maximum absolute atomic E-state index is 13.0. The molecule has 5 heteroatoms. The molecule has 5 nitrogen and oxygen atoms in total. The molecular formula is C27H29N3O2. The lowest BCUT2D eigenvalue weighted by molar-refractivity contribution is -0.140. The Kier molecular flexibility index (Phi) is 6.64. The molecule has 0 aliphatic carbocycles. The molecule has 2 heterocycles. The summed E-state index contributed by atoms with van der Waals surface area (Å²) in [5.41, 5.74) is 3.87. The highest BCUT2D eigenvalue weighted by Crippen LogP contribution is 2.36. The van der Waals surface area contributed by atoms with Gasteiger partial charge in [0.1, 0.15) is 0 Å². The third-order valence-electron chi connectivity index (χ3n) is 6.44. The maximum Gasteiger partial charge on any atom is 0.227 e. The van der Waals surface area contributed by atoms with Crippen LogP contribution in [0.3, 0.4) is 0 Å². The smallest absolute Gasteiger partial charge is 0.227 e. The molecule has 1 fully saturated rings. The lowest BCUT2D eigenvalue weighted by Gasteiger charge is -2.40. The molecule has 1 aliphatic rings. The Morgan fingerprint density at radius 2 is 1.66 bits per heavy atom. The molecule has 2 aromatic carbocycles. The molecule has 164 valence electrons. The molecule has 4 rings (SSSR count). The largest absolute Gasteiger partial charge is 0.359 e. The minimum atomic E-state index is -0.505. The van der Waals surface area contributed by atoms with Crippen molar-refractivity contribution in [2.45, 2.75) is 25.7 Å². The summed E-state index contributed by atoms with van der Waals surface area (Å²) in [5.74, 6) is 0.150. The Labute approximate surface area is 189 Å². The Balaban J connectivity index is 1.48. The van der Waals surface area contributed by atoms with Crippen molar-refractivity contribution in [2.24, 2.45) is 5.41 Å². The van der Waals surface area contributed by atoms with Crippen LogP contribution in [-0.2, 0) is 22.4 Å². The molecule has 0 radical (unpaired) electrons. The molecule has 2 amide bonds. The van der Waals surface area contributed by atoms with Crippen molar-refractivity contribution >= 4 is 11.8 Å². The predicted molar refractivity (Wildman–Crippen MR) is 126 cm³/mol. The molecule has 0 atom stereocenters. The number of carbonyl (C=O) groups is 2. The first-order chi connectivity index (χ1) is 15.6. The van der Waals surface area contributed by atoms with Crippen molar-refractivity contribution in [2.75, 3.05) is 20.1 Å². The molecule has 1 aliphatic heterocycles. The van der Waals surface area contributed by atoms with Gasteiger partial charge in [0.15, 0.2) is 0 Å². The quantitative estimate of drug-likeness (QED) is 0.649. The van der Waals surface area contributed by atoms with Gasteiger partial charge in [-0.15, -0.1) is 0 Å². The highest BCUT2D eigenvalue weighted by atomic mass is 16.2. The number of benzene rings is 2. The van der Waals surface area contributed by atoms with Gasteiger partial charge in [0.05, 0.1) is 11.8 Å². The number of likely N-dealkylation sites (tertiary alicyclic amines) is 1. The number of nitrogens with zero attached hydrogens (tertiary/aromatic N) is 2. The van der Waals surface area contributed by atoms with Crippen LogP contribution >= 0.6 is 0 Å². The third-order valence-corrected chi connectivity index (χ3v) is 6.44. The summed E-state index contributed by atoms with van der Waals surface area (Å²) in [7, 11) is 1.70. The molecule has 1 aromatic heterocycles. The van der Waals surface area contributed by atoms with Crippen LogP contribution in [0.2, 0.25) is 0 Å². The fourth-order valence-electron chi connectivity index (χ4n) is 4.60. The molecule has 0 spiro atoms. The number of hydrogen-bond donors (Lipinski definition) is 1. The maximum atomic E-state index is 13.0. The van der Waals surface area contributed by atoms with Gasteiger partial charge in [-0.1, -0.05) is 60.7 Å². The first-order valence-corrected chi connectivity index (χ1v) is 11.1. The lowest BCUT2D eigenvalue weighted by atomic mass is 9.72. The van der Waals surface area contributed by atoms with Gasteiger partial charge >= 0.3 is 0 Å². The summed E-state index contributed by atoms with van der Waals surface area (Å²) in [6.45, 7) is 1.18. The van der Waals surface area contributed by atoms with Crippen LogP contribution in [-0.4, -0.2) is 41.8 Å². The van der Waals surface area contributed by atoms with E-state index in [1.807, 2.05) is 35.2 Å². The Bertz CT molecular complexity index is 1060. The van der Waals surface area contributed by atoms with E-state index in [1.54, 1.807) is 19.4 Å². The van der Waals surface area contributed by atoms with Gasteiger partial charge in [0, 0.05) is 32.5 Å². The van der Waals surface area contributed by atoms with Crippen LogP contribution in [0.1, 0.15) is 24.0 Å². The van der Waals surface area contributed by atoms with Gasteiger partial charge in [-0.05, 0) is 47.6 Å². The number of carbonyl (C=O) groups excluding carboxylic acids is 2. The summed E-state index contributed by atoms with van der Waals surface area (Å²) in [4.78, 5) is 31.7. The fraction of sp³-hybridized carbons (Fsp3) is 0.296. The molecule has 1 N–H and O–H groups in total. The van der Waals surface area contributed by atoms with Crippen LogP contribution in [0.15, 0.2) is 79.1 Å². The van der Waals surface area contributed by atoms with E-state index >= 15 is 0 Å². The number of rotatable bonds is 6. The average molecular weight is 428 g/mol. The Morgan fingerprint density at radius 3 is 2.34 bits per heavy atom. The number of aromatic nitrogens is 1. The zero-order valence-electron chi connectivity index (χ0n) is 18.5. The van der Waals surface area contributed by atoms with E-state index < -0.39 is 5.41 Å². The molecule has 0 bridgehead atoms. The molecule has 32 heavy (non-hydrogen) atoms. The molecule has 1 saturated heterocycles. The topological polar surface area (TPSA) is 62.3 Å². The summed E-state index contributed by atoms with van der Waals surface area (Å²) >= 11 is 0. The van der Waals surface area contributed by atoms with Gasteiger partial charge in [0.25, 0.3) is 0 Å². The summed E-state index contributed by atoms with van der Waals surface area (Å²) in [5, 5.41) is 2.88. The van der Waals surface area contributed by atoms with Crippen molar-refractivity contribution in [3.8, 4) is 11.1 Å². The van der Waals surface area contributed by atoms with Gasteiger partial charge < -0.3 is 10.2 Å². The third kappa shape index (κ3) is 4.88. The van der Waals surface area contributed by atoms with Gasteiger partial charge in [0.2, 0.25) is 11.8 Å². The van der Waals surface area contributed by atoms with E-state index in [0.717, 1.165) is 16.7 Å². The number of amides is 2. The SMILES string of the molecule is CNC(=O)C1(Cc2cccc(-c3ccccc3)c2)CCN(C(=O)Cc2cccnc2)CC1. The number of pyridine rings is 1. The number of nitrogens with one attached hydrogen (secondary N) is 1. The second-order valence-electron chi connectivity index (χ2n) is 8.52. The molecule has 3 aromatic rings. The summed E-state index contributed by atoms with van der Waals surface area (Å²) in [6, 6.07) is 22.5. The van der Waals surface area contributed by atoms with E-state index in [-0.39, 0.29) is 11.8 Å². The van der Waals surface area contributed by atoms with Crippen LogP contribution < -0.4 is 5.32 Å². The first kappa shape index (κ1) is 21.8. The van der Waals surface area contributed by atoms with Crippen LogP contribution in [0.5, 0.6) is 0 Å². The van der Waals surface area contributed by atoms with Gasteiger partial charge in [-0.2, -0.15) is 0 Å². The van der Waals surface area contributed by atoms with Crippen LogP contribution in [0.4, 0.5) is 0 Å². The zero-order valence-corrected chi connectivity index (χ0v) is 18.5. The minimum absolute atomic E-state index is 0.0574. The van der Waals surface area contributed by atoms with Crippen molar-refractivity contribution in [1.82, 2.24) is 15.2 Å².